The fourth-order valence-corrected chi connectivity index (χ4v) is 5.07. The molecule has 34 heavy (non-hydrogen) atoms. The molecule has 4 heterocycles. The molecule has 1 fully saturated rings. The third-order valence-corrected chi connectivity index (χ3v) is 6.76. The van der Waals surface area contributed by atoms with Crippen molar-refractivity contribution in [2.75, 3.05) is 52.3 Å². The number of nitrogens with zero attached hydrogens (tertiary/aromatic N) is 4. The van der Waals surface area contributed by atoms with Crippen LogP contribution in [0.2, 0.25) is 0 Å². The number of aromatic amines is 1. The molecule has 0 aliphatic carbocycles. The minimum absolute atomic E-state index is 0.0118. The molecule has 0 radical (unpaired) electrons. The number of carbonyl (C=O) groups excluding carboxylic acids is 1. The maximum atomic E-state index is 12.9. The normalized spacial score (nSPS) is 20.2. The Morgan fingerprint density at radius 1 is 1.18 bits per heavy atom. The lowest BCUT2D eigenvalue weighted by Crippen LogP contribution is -2.45. The van der Waals surface area contributed by atoms with E-state index in [0.29, 0.717) is 17.4 Å². The van der Waals surface area contributed by atoms with Gasteiger partial charge in [-0.1, -0.05) is 0 Å². The summed E-state index contributed by atoms with van der Waals surface area (Å²) in [6.07, 6.45) is 7.74. The fourth-order valence-electron chi connectivity index (χ4n) is 5.07. The molecule has 1 amide bonds. The van der Waals surface area contributed by atoms with Gasteiger partial charge in [-0.15, -0.1) is 0 Å². The molecule has 9 heteroatoms. The van der Waals surface area contributed by atoms with E-state index in [1.54, 1.807) is 13.4 Å². The summed E-state index contributed by atoms with van der Waals surface area (Å²) in [7, 11) is 3.77. The topological polar surface area (TPSA) is 95.6 Å². The van der Waals surface area contributed by atoms with Crippen LogP contribution in [0.5, 0.6) is 11.5 Å². The molecular formula is C25H32N6O3. The first-order valence-corrected chi connectivity index (χ1v) is 12.0. The molecular weight excluding hydrogens is 432 g/mol. The van der Waals surface area contributed by atoms with E-state index < -0.39 is 0 Å². The summed E-state index contributed by atoms with van der Waals surface area (Å²) in [6, 6.07) is 5.60. The number of hydrogen-bond acceptors (Lipinski definition) is 7. The zero-order chi connectivity index (χ0) is 23.5. The SMILES string of the molecule is COc1ccc2cc1OCC(=O)N1CCCC(CN(C)CCCc3c[nH]c4ncnc(c34)N2)C1. The van der Waals surface area contributed by atoms with Crippen molar-refractivity contribution in [3.63, 3.8) is 0 Å². The minimum atomic E-state index is -0.0118. The van der Waals surface area contributed by atoms with Crippen LogP contribution in [0, 0.1) is 5.92 Å². The van der Waals surface area contributed by atoms with E-state index in [2.05, 4.69) is 32.2 Å². The molecule has 1 atom stereocenters. The van der Waals surface area contributed by atoms with Gasteiger partial charge in [-0.3, -0.25) is 4.79 Å². The van der Waals surface area contributed by atoms with Crippen LogP contribution in [-0.2, 0) is 11.2 Å². The molecule has 2 aromatic heterocycles. The summed E-state index contributed by atoms with van der Waals surface area (Å²) in [6.45, 7) is 3.56. The Kier molecular flexibility index (Phi) is 6.53. The number of aryl methyl sites for hydroxylation is 1. The van der Waals surface area contributed by atoms with Gasteiger partial charge in [0.25, 0.3) is 5.91 Å². The standard InChI is InChI=1S/C25H32N6O3/c1-30-9-4-6-18-12-26-24-23(18)25(28-16-27-24)29-19-7-8-20(33-2)21(11-19)34-15-22(32)31-10-3-5-17(13-30)14-31/h7-8,11-12,16-17H,3-6,9-10,13-15H2,1-2H3,(H2,26,27,28,29). The number of anilines is 2. The van der Waals surface area contributed by atoms with Gasteiger partial charge in [0.15, 0.2) is 18.1 Å². The lowest BCUT2D eigenvalue weighted by Gasteiger charge is -2.34. The molecule has 180 valence electrons. The Hall–Kier alpha value is -3.33. The van der Waals surface area contributed by atoms with Gasteiger partial charge < -0.3 is 29.6 Å². The van der Waals surface area contributed by atoms with Gasteiger partial charge in [0.2, 0.25) is 0 Å². The monoisotopic (exact) mass is 464 g/mol. The highest BCUT2D eigenvalue weighted by atomic mass is 16.5. The summed E-state index contributed by atoms with van der Waals surface area (Å²) < 4.78 is 11.4. The van der Waals surface area contributed by atoms with Crippen LogP contribution in [0.4, 0.5) is 11.5 Å². The summed E-state index contributed by atoms with van der Waals surface area (Å²) in [5, 5.41) is 4.41. The van der Waals surface area contributed by atoms with E-state index in [0.717, 1.165) is 74.4 Å². The molecule has 1 aromatic carbocycles. The zero-order valence-corrected chi connectivity index (χ0v) is 19.8. The van der Waals surface area contributed by atoms with Gasteiger partial charge in [-0.2, -0.15) is 0 Å². The molecule has 9 nitrogen and oxygen atoms in total. The van der Waals surface area contributed by atoms with Gasteiger partial charge in [0.1, 0.15) is 17.8 Å². The van der Waals surface area contributed by atoms with Crippen molar-refractivity contribution in [1.82, 2.24) is 24.8 Å². The Morgan fingerprint density at radius 3 is 2.97 bits per heavy atom. The van der Waals surface area contributed by atoms with Crippen molar-refractivity contribution < 1.29 is 14.3 Å². The van der Waals surface area contributed by atoms with Crippen molar-refractivity contribution in [3.05, 3.63) is 36.3 Å². The van der Waals surface area contributed by atoms with Crippen LogP contribution in [-0.4, -0.2) is 77.6 Å². The number of benzene rings is 1. The van der Waals surface area contributed by atoms with Gasteiger partial charge in [0.05, 0.1) is 12.5 Å². The van der Waals surface area contributed by atoms with E-state index in [1.165, 1.54) is 5.56 Å². The molecule has 3 aromatic rings. The number of methoxy groups -OCH3 is 1. The van der Waals surface area contributed by atoms with Crippen molar-refractivity contribution in [1.29, 1.82) is 0 Å². The van der Waals surface area contributed by atoms with Gasteiger partial charge in [-0.25, -0.2) is 9.97 Å². The van der Waals surface area contributed by atoms with Gasteiger partial charge in [0, 0.05) is 37.6 Å². The summed E-state index contributed by atoms with van der Waals surface area (Å²) >= 11 is 0. The second-order valence-electron chi connectivity index (χ2n) is 9.25. The molecule has 2 aliphatic heterocycles. The summed E-state index contributed by atoms with van der Waals surface area (Å²) in [5.41, 5.74) is 2.81. The van der Waals surface area contributed by atoms with Crippen LogP contribution < -0.4 is 14.8 Å². The lowest BCUT2D eigenvalue weighted by atomic mass is 9.97. The number of fused-ring (bicyclic) bond motifs is 4. The van der Waals surface area contributed by atoms with Crippen LogP contribution in [0.15, 0.2) is 30.7 Å². The predicted molar refractivity (Wildman–Crippen MR) is 131 cm³/mol. The number of H-pyrrole nitrogens is 1. The molecule has 0 saturated carbocycles. The van der Waals surface area contributed by atoms with E-state index in [9.17, 15) is 4.79 Å². The molecule has 0 spiro atoms. The lowest BCUT2D eigenvalue weighted by molar-refractivity contribution is -0.135. The molecule has 4 bridgehead atoms. The quantitative estimate of drug-likeness (QED) is 0.571. The van der Waals surface area contributed by atoms with E-state index in [-0.39, 0.29) is 12.5 Å². The van der Waals surface area contributed by atoms with Crippen molar-refractivity contribution in [3.8, 4) is 11.5 Å². The second kappa shape index (κ2) is 9.89. The second-order valence-corrected chi connectivity index (χ2v) is 9.25. The Balaban J connectivity index is 1.48. The number of carbonyl (C=O) groups is 1. The van der Waals surface area contributed by atoms with Crippen LogP contribution in [0.1, 0.15) is 24.8 Å². The maximum Gasteiger partial charge on any atom is 0.260 e. The highest BCUT2D eigenvalue weighted by Crippen LogP contribution is 2.33. The van der Waals surface area contributed by atoms with Crippen LogP contribution >= 0.6 is 0 Å². The Morgan fingerprint density at radius 2 is 2.09 bits per heavy atom. The van der Waals surface area contributed by atoms with Crippen molar-refractivity contribution in [2.24, 2.45) is 5.92 Å². The fraction of sp³-hybridized carbons (Fsp3) is 0.480. The Labute approximate surface area is 199 Å². The van der Waals surface area contributed by atoms with Crippen LogP contribution in [0.3, 0.4) is 0 Å². The summed E-state index contributed by atoms with van der Waals surface area (Å²) in [5.74, 6) is 2.35. The zero-order valence-electron chi connectivity index (χ0n) is 19.8. The Bertz CT molecular complexity index is 1160. The third kappa shape index (κ3) is 4.79. The predicted octanol–water partition coefficient (Wildman–Crippen LogP) is 3.21. The number of amides is 1. The van der Waals surface area contributed by atoms with Gasteiger partial charge in [-0.05, 0) is 62.9 Å². The van der Waals surface area contributed by atoms with E-state index in [4.69, 9.17) is 9.47 Å². The highest BCUT2D eigenvalue weighted by molar-refractivity contribution is 5.92. The first kappa shape index (κ1) is 22.5. The number of nitrogens with one attached hydrogen (secondary N) is 2. The number of piperidine rings is 1. The molecule has 1 saturated heterocycles. The first-order chi connectivity index (χ1) is 16.6. The highest BCUT2D eigenvalue weighted by Gasteiger charge is 2.25. The summed E-state index contributed by atoms with van der Waals surface area (Å²) in [4.78, 5) is 29.5. The maximum absolute atomic E-state index is 12.9. The molecule has 2 aliphatic rings. The minimum Gasteiger partial charge on any atom is -0.493 e. The van der Waals surface area contributed by atoms with Crippen molar-refractivity contribution in [2.45, 2.75) is 25.7 Å². The van der Waals surface area contributed by atoms with E-state index >= 15 is 0 Å². The third-order valence-electron chi connectivity index (χ3n) is 6.76. The van der Waals surface area contributed by atoms with Crippen molar-refractivity contribution >= 4 is 28.4 Å². The largest absolute Gasteiger partial charge is 0.493 e. The number of ether oxygens (including phenoxy) is 2. The smallest absolute Gasteiger partial charge is 0.260 e. The van der Waals surface area contributed by atoms with E-state index in [1.807, 2.05) is 29.3 Å². The average molecular weight is 465 g/mol. The molecule has 2 N–H and O–H groups in total. The van der Waals surface area contributed by atoms with Gasteiger partial charge >= 0.3 is 0 Å². The molecule has 1 unspecified atom stereocenters. The first-order valence-electron chi connectivity index (χ1n) is 12.0. The average Bonchev–Trinajstić information content (AvgIpc) is 3.26. The number of hydrogen-bond donors (Lipinski definition) is 2. The number of aromatic nitrogens is 3. The number of rotatable bonds is 1. The van der Waals surface area contributed by atoms with Crippen LogP contribution in [0.25, 0.3) is 11.0 Å². The molecule has 5 rings (SSSR count).